The van der Waals surface area contributed by atoms with Crippen LogP contribution < -0.4 is 0 Å². The molecule has 0 radical (unpaired) electrons. The van der Waals surface area contributed by atoms with E-state index in [0.717, 1.165) is 18.4 Å². The zero-order chi connectivity index (χ0) is 14.8. The van der Waals surface area contributed by atoms with Crippen molar-refractivity contribution in [2.45, 2.75) is 46.0 Å². The highest BCUT2D eigenvalue weighted by Crippen LogP contribution is 2.41. The molecular formula is C19H24O. The lowest BCUT2D eigenvalue weighted by atomic mass is 9.78. The molecule has 0 saturated carbocycles. The van der Waals surface area contributed by atoms with E-state index >= 15 is 0 Å². The fraction of sp³-hybridized carbons (Fsp3) is 0.368. The van der Waals surface area contributed by atoms with E-state index in [1.807, 2.05) is 12.1 Å². The Morgan fingerprint density at radius 3 is 2.15 bits per heavy atom. The van der Waals surface area contributed by atoms with Crippen LogP contribution in [0.25, 0.3) is 11.1 Å². The summed E-state index contributed by atoms with van der Waals surface area (Å²) >= 11 is 0. The molecule has 20 heavy (non-hydrogen) atoms. The third-order valence-corrected chi connectivity index (χ3v) is 3.60. The maximum absolute atomic E-state index is 10.4. The van der Waals surface area contributed by atoms with E-state index in [1.165, 1.54) is 16.7 Å². The average molecular weight is 268 g/mol. The molecule has 0 amide bonds. The number of phenolic OH excluding ortho intramolecular Hbond substituents is 1. The fourth-order valence-electron chi connectivity index (χ4n) is 2.81. The molecule has 0 spiro atoms. The van der Waals surface area contributed by atoms with Gasteiger partial charge in [-0.2, -0.15) is 0 Å². The Morgan fingerprint density at radius 2 is 1.60 bits per heavy atom. The van der Waals surface area contributed by atoms with E-state index in [0.29, 0.717) is 5.75 Å². The van der Waals surface area contributed by atoms with E-state index in [9.17, 15) is 5.11 Å². The van der Waals surface area contributed by atoms with Crippen LogP contribution >= 0.6 is 0 Å². The molecule has 0 aromatic heterocycles. The first-order chi connectivity index (χ1) is 9.45. The summed E-state index contributed by atoms with van der Waals surface area (Å²) in [5.41, 5.74) is 4.69. The van der Waals surface area contributed by atoms with Crippen LogP contribution in [0.4, 0.5) is 0 Å². The van der Waals surface area contributed by atoms with Gasteiger partial charge in [-0.05, 0) is 34.6 Å². The van der Waals surface area contributed by atoms with E-state index < -0.39 is 0 Å². The van der Waals surface area contributed by atoms with Crippen LogP contribution in [0.15, 0.2) is 42.5 Å². The minimum atomic E-state index is -0.0843. The van der Waals surface area contributed by atoms with Crippen molar-refractivity contribution < 1.29 is 5.11 Å². The maximum atomic E-state index is 10.4. The molecule has 0 aliphatic carbocycles. The number of phenols is 1. The third-order valence-electron chi connectivity index (χ3n) is 3.60. The molecule has 0 unspecified atom stereocenters. The summed E-state index contributed by atoms with van der Waals surface area (Å²) in [4.78, 5) is 0. The highest BCUT2D eigenvalue weighted by atomic mass is 16.3. The second kappa shape index (κ2) is 5.70. The molecule has 0 aliphatic heterocycles. The zero-order valence-corrected chi connectivity index (χ0v) is 12.9. The Hall–Kier alpha value is -1.76. The monoisotopic (exact) mass is 268 g/mol. The Morgan fingerprint density at radius 1 is 0.950 bits per heavy atom. The number of benzene rings is 2. The maximum Gasteiger partial charge on any atom is 0.119 e. The highest BCUT2D eigenvalue weighted by Gasteiger charge is 2.24. The van der Waals surface area contributed by atoms with Gasteiger partial charge in [0.2, 0.25) is 0 Å². The molecule has 0 fully saturated rings. The highest BCUT2D eigenvalue weighted by molar-refractivity contribution is 5.75. The summed E-state index contributed by atoms with van der Waals surface area (Å²) in [7, 11) is 0. The molecule has 106 valence electrons. The Balaban J connectivity index is 2.76. The van der Waals surface area contributed by atoms with Gasteiger partial charge in [-0.25, -0.2) is 0 Å². The first-order valence-electron chi connectivity index (χ1n) is 7.36. The normalized spacial score (nSPS) is 11.6. The predicted molar refractivity (Wildman–Crippen MR) is 86.2 cm³/mol. The molecule has 0 saturated heterocycles. The van der Waals surface area contributed by atoms with Crippen LogP contribution in [0.2, 0.25) is 0 Å². The number of hydrogen-bond acceptors (Lipinski definition) is 1. The van der Waals surface area contributed by atoms with Crippen LogP contribution in [-0.4, -0.2) is 5.11 Å². The number of hydrogen-bond donors (Lipinski definition) is 1. The van der Waals surface area contributed by atoms with Gasteiger partial charge in [-0.1, -0.05) is 70.5 Å². The predicted octanol–water partition coefficient (Wildman–Crippen LogP) is 5.31. The van der Waals surface area contributed by atoms with Gasteiger partial charge in [0.1, 0.15) is 5.75 Å². The molecule has 0 heterocycles. The van der Waals surface area contributed by atoms with Gasteiger partial charge < -0.3 is 5.11 Å². The topological polar surface area (TPSA) is 20.2 Å². The Labute approximate surface area is 122 Å². The van der Waals surface area contributed by atoms with Gasteiger partial charge in [0.05, 0.1) is 0 Å². The van der Waals surface area contributed by atoms with Crippen molar-refractivity contribution in [1.82, 2.24) is 0 Å². The van der Waals surface area contributed by atoms with Crippen molar-refractivity contribution in [1.29, 1.82) is 0 Å². The molecule has 2 aromatic rings. The molecule has 1 N–H and O–H groups in total. The standard InChI is InChI=1S/C19H24O/c1-5-9-14-12-13-16(20)18(19(2,3)4)17(14)15-10-7-6-8-11-15/h6-8,10-13,20H,5,9H2,1-4H3. The number of aryl methyl sites for hydroxylation is 1. The summed E-state index contributed by atoms with van der Waals surface area (Å²) in [5.74, 6) is 0.399. The van der Waals surface area contributed by atoms with Crippen LogP contribution in [0.1, 0.15) is 45.2 Å². The lowest BCUT2D eigenvalue weighted by Gasteiger charge is -2.26. The molecule has 0 aliphatic rings. The van der Waals surface area contributed by atoms with Gasteiger partial charge in [0.15, 0.2) is 0 Å². The third kappa shape index (κ3) is 2.87. The summed E-state index contributed by atoms with van der Waals surface area (Å²) in [5, 5.41) is 10.4. The SMILES string of the molecule is CCCc1ccc(O)c(C(C)(C)C)c1-c1ccccc1. The smallest absolute Gasteiger partial charge is 0.119 e. The lowest BCUT2D eigenvalue weighted by molar-refractivity contribution is 0.447. The van der Waals surface area contributed by atoms with Gasteiger partial charge in [0.25, 0.3) is 0 Å². The van der Waals surface area contributed by atoms with E-state index in [2.05, 4.69) is 58.0 Å². The average Bonchev–Trinajstić information content (AvgIpc) is 2.40. The Bertz CT molecular complexity index is 577. The van der Waals surface area contributed by atoms with Crippen molar-refractivity contribution >= 4 is 0 Å². The van der Waals surface area contributed by atoms with Crippen molar-refractivity contribution in [2.24, 2.45) is 0 Å². The minimum absolute atomic E-state index is 0.0843. The number of rotatable bonds is 3. The van der Waals surface area contributed by atoms with Gasteiger partial charge in [-0.15, -0.1) is 0 Å². The van der Waals surface area contributed by atoms with Crippen molar-refractivity contribution in [3.63, 3.8) is 0 Å². The van der Waals surface area contributed by atoms with Crippen molar-refractivity contribution in [2.75, 3.05) is 0 Å². The molecule has 2 rings (SSSR count). The van der Waals surface area contributed by atoms with E-state index in [4.69, 9.17) is 0 Å². The zero-order valence-electron chi connectivity index (χ0n) is 12.9. The van der Waals surface area contributed by atoms with Gasteiger partial charge in [-0.3, -0.25) is 0 Å². The number of aromatic hydroxyl groups is 1. The second-order valence-corrected chi connectivity index (χ2v) is 6.36. The molecule has 1 nitrogen and oxygen atoms in total. The first-order valence-corrected chi connectivity index (χ1v) is 7.36. The van der Waals surface area contributed by atoms with E-state index in [-0.39, 0.29) is 5.41 Å². The fourth-order valence-corrected chi connectivity index (χ4v) is 2.81. The largest absolute Gasteiger partial charge is 0.508 e. The second-order valence-electron chi connectivity index (χ2n) is 6.36. The molecule has 2 aromatic carbocycles. The van der Waals surface area contributed by atoms with E-state index in [1.54, 1.807) is 0 Å². The first kappa shape index (κ1) is 14.6. The van der Waals surface area contributed by atoms with Crippen molar-refractivity contribution in [3.8, 4) is 16.9 Å². The molecule has 0 bridgehead atoms. The molecule has 1 heteroatoms. The van der Waals surface area contributed by atoms with Crippen LogP contribution in [0, 0.1) is 0 Å². The summed E-state index contributed by atoms with van der Waals surface area (Å²) < 4.78 is 0. The van der Waals surface area contributed by atoms with Gasteiger partial charge >= 0.3 is 0 Å². The quantitative estimate of drug-likeness (QED) is 0.800. The van der Waals surface area contributed by atoms with Crippen LogP contribution in [0.3, 0.4) is 0 Å². The Kier molecular flexibility index (Phi) is 4.17. The summed E-state index contributed by atoms with van der Waals surface area (Å²) in [6.07, 6.45) is 2.14. The molecular weight excluding hydrogens is 244 g/mol. The van der Waals surface area contributed by atoms with Gasteiger partial charge in [0, 0.05) is 5.56 Å². The van der Waals surface area contributed by atoms with Crippen LogP contribution in [0.5, 0.6) is 5.75 Å². The molecule has 0 atom stereocenters. The summed E-state index contributed by atoms with van der Waals surface area (Å²) in [6, 6.07) is 14.3. The lowest BCUT2D eigenvalue weighted by Crippen LogP contribution is -2.14. The van der Waals surface area contributed by atoms with Crippen LogP contribution in [-0.2, 0) is 11.8 Å². The summed E-state index contributed by atoms with van der Waals surface area (Å²) in [6.45, 7) is 8.66. The minimum Gasteiger partial charge on any atom is -0.508 e. The van der Waals surface area contributed by atoms with Crippen molar-refractivity contribution in [3.05, 3.63) is 53.6 Å².